The average Bonchev–Trinajstić information content (AvgIpc) is 2.16. The summed E-state index contributed by atoms with van der Waals surface area (Å²) in [6.07, 6.45) is -0.591. The monoisotopic (exact) mass is 227 g/mol. The zero-order valence-corrected chi connectivity index (χ0v) is 9.02. The number of aliphatic carboxylic acids is 1. The van der Waals surface area contributed by atoms with E-state index in [2.05, 4.69) is 0 Å². The Hall–Kier alpha value is -1.12. The maximum Gasteiger partial charge on any atom is 0.205 e. The van der Waals surface area contributed by atoms with Crippen LogP contribution in [0.3, 0.4) is 0 Å². The van der Waals surface area contributed by atoms with Crippen LogP contribution in [0.15, 0.2) is 30.3 Å². The average molecular weight is 227 g/mol. The van der Waals surface area contributed by atoms with E-state index in [-0.39, 0.29) is 18.7 Å². The Morgan fingerprint density at radius 1 is 1.33 bits per heavy atom. The first-order chi connectivity index (χ1) is 6.99. The van der Waals surface area contributed by atoms with Crippen molar-refractivity contribution in [3.63, 3.8) is 0 Å². The molecule has 15 heavy (non-hydrogen) atoms. The van der Waals surface area contributed by atoms with Gasteiger partial charge in [0.25, 0.3) is 0 Å². The minimum atomic E-state index is -3.39. The van der Waals surface area contributed by atoms with Gasteiger partial charge in [0.15, 0.2) is 0 Å². The lowest BCUT2D eigenvalue weighted by atomic mass is 10.2. The first-order valence-corrected chi connectivity index (χ1v) is 6.57. The van der Waals surface area contributed by atoms with E-state index in [1.54, 1.807) is 24.3 Å². The van der Waals surface area contributed by atoms with Crippen molar-refractivity contribution < 1.29 is 19.4 Å². The molecule has 0 heterocycles. The van der Waals surface area contributed by atoms with Gasteiger partial charge in [-0.2, -0.15) is 0 Å². The highest BCUT2D eigenvalue weighted by molar-refractivity contribution is 7.57. The standard InChI is InChI=1S/C10H13O4P/c11-10(12)6-7-15(13,14)8-9-4-2-1-3-5-9/h1-5H,6-8H2,(H,11,12)(H,13,14)/p-1. The highest BCUT2D eigenvalue weighted by Crippen LogP contribution is 2.44. The minimum Gasteiger partial charge on any atom is -0.550 e. The fourth-order valence-corrected chi connectivity index (χ4v) is 2.69. The lowest BCUT2D eigenvalue weighted by Gasteiger charge is -2.11. The largest absolute Gasteiger partial charge is 0.550 e. The van der Waals surface area contributed by atoms with Crippen LogP contribution in [0, 0.1) is 0 Å². The van der Waals surface area contributed by atoms with E-state index < -0.39 is 13.3 Å². The first kappa shape index (κ1) is 12.0. The normalized spacial score (nSPS) is 14.5. The molecule has 1 N–H and O–H groups in total. The van der Waals surface area contributed by atoms with Gasteiger partial charge in [0.2, 0.25) is 7.37 Å². The Morgan fingerprint density at radius 2 is 1.93 bits per heavy atom. The number of carboxylic acid groups (broad SMARTS) is 1. The van der Waals surface area contributed by atoms with E-state index >= 15 is 0 Å². The molecule has 0 radical (unpaired) electrons. The van der Waals surface area contributed by atoms with Gasteiger partial charge < -0.3 is 14.8 Å². The first-order valence-electron chi connectivity index (χ1n) is 4.54. The predicted octanol–water partition coefficient (Wildman–Crippen LogP) is 0.597. The molecule has 1 aromatic carbocycles. The fourth-order valence-electron chi connectivity index (χ4n) is 1.21. The number of carbonyl (C=O) groups is 1. The molecular formula is C10H12O4P-. The molecule has 0 aliphatic heterocycles. The summed E-state index contributed by atoms with van der Waals surface area (Å²) in [4.78, 5) is 19.6. The summed E-state index contributed by atoms with van der Waals surface area (Å²) in [5.41, 5.74) is 0.738. The number of benzene rings is 1. The molecular weight excluding hydrogens is 215 g/mol. The molecule has 1 aromatic rings. The van der Waals surface area contributed by atoms with Crippen molar-refractivity contribution in [2.45, 2.75) is 12.6 Å². The summed E-state index contributed by atoms with van der Waals surface area (Å²) in [5, 5.41) is 10.2. The van der Waals surface area contributed by atoms with Crippen LogP contribution in [0.2, 0.25) is 0 Å². The molecule has 0 aromatic heterocycles. The maximum atomic E-state index is 11.6. The summed E-state index contributed by atoms with van der Waals surface area (Å²) < 4.78 is 11.6. The second-order valence-corrected chi connectivity index (χ2v) is 5.79. The Balaban J connectivity index is 2.57. The van der Waals surface area contributed by atoms with E-state index in [9.17, 15) is 19.4 Å². The molecule has 1 atom stereocenters. The lowest BCUT2D eigenvalue weighted by Crippen LogP contribution is -2.23. The van der Waals surface area contributed by atoms with Gasteiger partial charge >= 0.3 is 0 Å². The molecule has 4 nitrogen and oxygen atoms in total. The molecule has 0 bridgehead atoms. The van der Waals surface area contributed by atoms with Crippen molar-refractivity contribution >= 4 is 13.3 Å². The molecule has 0 amide bonds. The predicted molar refractivity (Wildman–Crippen MR) is 54.5 cm³/mol. The quantitative estimate of drug-likeness (QED) is 0.747. The summed E-state index contributed by atoms with van der Waals surface area (Å²) >= 11 is 0. The van der Waals surface area contributed by atoms with Crippen LogP contribution in [0.5, 0.6) is 0 Å². The third kappa shape index (κ3) is 4.77. The third-order valence-corrected chi connectivity index (χ3v) is 3.72. The van der Waals surface area contributed by atoms with E-state index in [0.29, 0.717) is 0 Å². The Bertz CT molecular complexity index is 374. The molecule has 1 unspecified atom stereocenters. The lowest BCUT2D eigenvalue weighted by molar-refractivity contribution is -0.305. The Morgan fingerprint density at radius 3 is 2.47 bits per heavy atom. The summed E-state index contributed by atoms with van der Waals surface area (Å²) in [7, 11) is -3.39. The molecule has 1 rings (SSSR count). The van der Waals surface area contributed by atoms with E-state index in [1.807, 2.05) is 6.07 Å². The second-order valence-electron chi connectivity index (χ2n) is 3.34. The summed E-state index contributed by atoms with van der Waals surface area (Å²) in [6.45, 7) is 0. The van der Waals surface area contributed by atoms with Crippen molar-refractivity contribution in [1.29, 1.82) is 0 Å². The van der Waals surface area contributed by atoms with Gasteiger partial charge in [0.05, 0.1) is 0 Å². The summed E-state index contributed by atoms with van der Waals surface area (Å²) in [5.74, 6) is -1.29. The van der Waals surface area contributed by atoms with E-state index in [4.69, 9.17) is 0 Å². The SMILES string of the molecule is O=C([O-])CCP(=O)(O)Cc1ccccc1. The maximum absolute atomic E-state index is 11.6. The van der Waals surface area contributed by atoms with E-state index in [1.165, 1.54) is 0 Å². The van der Waals surface area contributed by atoms with Gasteiger partial charge in [-0.25, -0.2) is 0 Å². The van der Waals surface area contributed by atoms with Gasteiger partial charge in [-0.05, 0) is 12.0 Å². The number of rotatable bonds is 5. The van der Waals surface area contributed by atoms with Gasteiger partial charge in [-0.15, -0.1) is 0 Å². The van der Waals surface area contributed by atoms with Gasteiger partial charge in [0, 0.05) is 18.3 Å². The highest BCUT2D eigenvalue weighted by atomic mass is 31.2. The molecule has 0 saturated heterocycles. The van der Waals surface area contributed by atoms with E-state index in [0.717, 1.165) is 5.56 Å². The second kappa shape index (κ2) is 5.10. The fraction of sp³-hybridized carbons (Fsp3) is 0.300. The van der Waals surface area contributed by atoms with Crippen LogP contribution in [0.25, 0.3) is 0 Å². The van der Waals surface area contributed by atoms with Gasteiger partial charge in [0.1, 0.15) is 0 Å². The van der Waals surface area contributed by atoms with Crippen molar-refractivity contribution in [2.24, 2.45) is 0 Å². The molecule has 0 fully saturated rings. The molecule has 0 aliphatic carbocycles. The number of hydrogen-bond donors (Lipinski definition) is 1. The number of carbonyl (C=O) groups excluding carboxylic acids is 1. The molecule has 0 saturated carbocycles. The van der Waals surface area contributed by atoms with Crippen LogP contribution in [0.4, 0.5) is 0 Å². The van der Waals surface area contributed by atoms with Crippen LogP contribution < -0.4 is 5.11 Å². The van der Waals surface area contributed by atoms with Crippen LogP contribution >= 0.6 is 7.37 Å². The van der Waals surface area contributed by atoms with Crippen molar-refractivity contribution in [3.8, 4) is 0 Å². The summed E-state index contributed by atoms with van der Waals surface area (Å²) in [6, 6.07) is 8.83. The Kier molecular flexibility index (Phi) is 4.06. The van der Waals surface area contributed by atoms with Crippen LogP contribution in [-0.4, -0.2) is 17.0 Å². The molecule has 0 aliphatic rings. The highest BCUT2D eigenvalue weighted by Gasteiger charge is 2.18. The number of hydrogen-bond acceptors (Lipinski definition) is 3. The third-order valence-electron chi connectivity index (χ3n) is 1.94. The van der Waals surface area contributed by atoms with Gasteiger partial charge in [-0.3, -0.25) is 4.57 Å². The van der Waals surface area contributed by atoms with Gasteiger partial charge in [-0.1, -0.05) is 30.3 Å². The Labute approximate surface area is 88.0 Å². The minimum absolute atomic E-state index is 0.0150. The van der Waals surface area contributed by atoms with Crippen LogP contribution in [0.1, 0.15) is 12.0 Å². The smallest absolute Gasteiger partial charge is 0.205 e. The van der Waals surface area contributed by atoms with Crippen molar-refractivity contribution in [2.75, 3.05) is 6.16 Å². The zero-order chi connectivity index (χ0) is 11.3. The zero-order valence-electron chi connectivity index (χ0n) is 8.13. The van der Waals surface area contributed by atoms with Crippen LogP contribution in [-0.2, 0) is 15.5 Å². The van der Waals surface area contributed by atoms with Crippen molar-refractivity contribution in [3.05, 3.63) is 35.9 Å². The molecule has 0 spiro atoms. The van der Waals surface area contributed by atoms with Crippen molar-refractivity contribution in [1.82, 2.24) is 0 Å². The molecule has 82 valence electrons. The topological polar surface area (TPSA) is 77.4 Å². The molecule has 5 heteroatoms. The number of carboxylic acids is 1.